The molecular weight excluding hydrogens is 272 g/mol. The van der Waals surface area contributed by atoms with E-state index in [2.05, 4.69) is 17.3 Å². The average Bonchev–Trinajstić information content (AvgIpc) is 2.46. The van der Waals surface area contributed by atoms with Crippen LogP contribution < -0.4 is 5.32 Å². The first-order valence-corrected chi connectivity index (χ1v) is 8.91. The van der Waals surface area contributed by atoms with Crippen molar-refractivity contribution >= 4 is 15.5 Å². The van der Waals surface area contributed by atoms with Crippen molar-refractivity contribution in [3.8, 4) is 0 Å². The van der Waals surface area contributed by atoms with Gasteiger partial charge < -0.3 is 10.2 Å². The van der Waals surface area contributed by atoms with E-state index in [1.165, 1.54) is 19.4 Å². The summed E-state index contributed by atoms with van der Waals surface area (Å²) in [5.41, 5.74) is 0.994. The van der Waals surface area contributed by atoms with E-state index in [-0.39, 0.29) is 5.75 Å². The third-order valence-electron chi connectivity index (χ3n) is 3.91. The minimum Gasteiger partial charge on any atom is -0.385 e. The molecule has 0 spiro atoms. The lowest BCUT2D eigenvalue weighted by Crippen LogP contribution is -2.35. The molecule has 0 aliphatic carbocycles. The molecule has 20 heavy (non-hydrogen) atoms. The summed E-state index contributed by atoms with van der Waals surface area (Å²) in [6.07, 6.45) is 2.52. The molecule has 0 aromatic heterocycles. The molecule has 1 aromatic rings. The Balaban J connectivity index is 1.91. The Hall–Kier alpha value is -1.07. The van der Waals surface area contributed by atoms with Gasteiger partial charge in [-0.25, -0.2) is 8.42 Å². The van der Waals surface area contributed by atoms with Gasteiger partial charge in [0.2, 0.25) is 0 Å². The van der Waals surface area contributed by atoms with Gasteiger partial charge in [0.1, 0.15) is 0 Å². The zero-order valence-electron chi connectivity index (χ0n) is 12.3. The van der Waals surface area contributed by atoms with Gasteiger partial charge in [-0.1, -0.05) is 6.92 Å². The van der Waals surface area contributed by atoms with E-state index in [0.29, 0.717) is 10.8 Å². The molecule has 112 valence electrons. The van der Waals surface area contributed by atoms with Gasteiger partial charge in [-0.05, 0) is 56.6 Å². The van der Waals surface area contributed by atoms with Crippen LogP contribution in [0.25, 0.3) is 0 Å². The maximum Gasteiger partial charge on any atom is 0.178 e. The maximum absolute atomic E-state index is 11.7. The van der Waals surface area contributed by atoms with Gasteiger partial charge in [0, 0.05) is 18.8 Å². The number of rotatable bonds is 5. The van der Waals surface area contributed by atoms with E-state index in [1.807, 2.05) is 12.1 Å². The van der Waals surface area contributed by atoms with Crippen LogP contribution in [0.15, 0.2) is 29.2 Å². The molecule has 2 rings (SSSR count). The molecule has 0 radical (unpaired) electrons. The first-order chi connectivity index (χ1) is 9.51. The summed E-state index contributed by atoms with van der Waals surface area (Å²) in [4.78, 5) is 2.77. The van der Waals surface area contributed by atoms with Crippen molar-refractivity contribution in [1.82, 2.24) is 4.90 Å². The number of hydrogen-bond acceptors (Lipinski definition) is 4. The number of nitrogens with one attached hydrogen (secondary N) is 1. The van der Waals surface area contributed by atoms with Gasteiger partial charge in [0.15, 0.2) is 9.84 Å². The Morgan fingerprint density at radius 1 is 1.30 bits per heavy atom. The van der Waals surface area contributed by atoms with Crippen molar-refractivity contribution in [2.45, 2.75) is 24.7 Å². The van der Waals surface area contributed by atoms with Crippen LogP contribution in [0.1, 0.15) is 19.8 Å². The van der Waals surface area contributed by atoms with Gasteiger partial charge in [-0.2, -0.15) is 0 Å². The van der Waals surface area contributed by atoms with Gasteiger partial charge in [0.25, 0.3) is 0 Å². The van der Waals surface area contributed by atoms with Crippen LogP contribution in [0.2, 0.25) is 0 Å². The lowest BCUT2D eigenvalue weighted by atomic mass is 9.98. The number of anilines is 1. The summed E-state index contributed by atoms with van der Waals surface area (Å²) in [5.74, 6) is 0.821. The van der Waals surface area contributed by atoms with E-state index in [0.717, 1.165) is 18.8 Å². The van der Waals surface area contributed by atoms with Crippen LogP contribution >= 0.6 is 0 Å². The second-order valence-electron chi connectivity index (χ2n) is 5.58. The number of likely N-dealkylation sites (tertiary alicyclic amines) is 1. The molecule has 0 bridgehead atoms. The second-order valence-corrected chi connectivity index (χ2v) is 7.86. The lowest BCUT2D eigenvalue weighted by Gasteiger charge is -2.29. The topological polar surface area (TPSA) is 49.4 Å². The Morgan fingerprint density at radius 2 is 2.00 bits per heavy atom. The highest BCUT2D eigenvalue weighted by molar-refractivity contribution is 7.91. The van der Waals surface area contributed by atoms with Crippen molar-refractivity contribution < 1.29 is 8.42 Å². The van der Waals surface area contributed by atoms with Gasteiger partial charge >= 0.3 is 0 Å². The van der Waals surface area contributed by atoms with Crippen molar-refractivity contribution in [2.75, 3.05) is 37.8 Å². The summed E-state index contributed by atoms with van der Waals surface area (Å²) in [6, 6.07) is 7.09. The standard InChI is InChI=1S/C15H24N2O2S/c1-3-20(18,19)15-8-6-14(7-9-15)16-11-13-5-4-10-17(2)12-13/h6-9,13,16H,3-5,10-12H2,1-2H3. The number of hydrogen-bond donors (Lipinski definition) is 1. The summed E-state index contributed by atoms with van der Waals surface area (Å²) >= 11 is 0. The third-order valence-corrected chi connectivity index (χ3v) is 5.66. The van der Waals surface area contributed by atoms with Gasteiger partial charge in [-0.3, -0.25) is 0 Å². The fourth-order valence-corrected chi connectivity index (χ4v) is 3.53. The molecule has 1 fully saturated rings. The van der Waals surface area contributed by atoms with E-state index >= 15 is 0 Å². The molecule has 1 heterocycles. The number of sulfone groups is 1. The van der Waals surface area contributed by atoms with E-state index in [4.69, 9.17) is 0 Å². The summed E-state index contributed by atoms with van der Waals surface area (Å²) in [7, 11) is -0.929. The predicted octanol–water partition coefficient (Wildman–Crippen LogP) is 2.23. The zero-order chi connectivity index (χ0) is 14.6. The predicted molar refractivity (Wildman–Crippen MR) is 82.9 cm³/mol. The Bertz CT molecular complexity index is 525. The third kappa shape index (κ3) is 3.96. The van der Waals surface area contributed by atoms with Crippen LogP contribution in [0.5, 0.6) is 0 Å². The molecular formula is C15H24N2O2S. The lowest BCUT2D eigenvalue weighted by molar-refractivity contribution is 0.217. The van der Waals surface area contributed by atoms with Crippen LogP contribution in [-0.2, 0) is 9.84 Å². The molecule has 1 atom stereocenters. The first-order valence-electron chi connectivity index (χ1n) is 7.26. The maximum atomic E-state index is 11.7. The fourth-order valence-electron chi connectivity index (χ4n) is 2.65. The molecule has 0 saturated carbocycles. The Kier molecular flexibility index (Phi) is 5.05. The SMILES string of the molecule is CCS(=O)(=O)c1ccc(NCC2CCCN(C)C2)cc1. The largest absolute Gasteiger partial charge is 0.385 e. The van der Waals surface area contributed by atoms with Crippen LogP contribution in [0.4, 0.5) is 5.69 Å². The molecule has 4 nitrogen and oxygen atoms in total. The first kappa shape index (κ1) is 15.3. The van der Waals surface area contributed by atoms with Crippen molar-refractivity contribution in [1.29, 1.82) is 0 Å². The van der Waals surface area contributed by atoms with E-state index in [1.54, 1.807) is 19.1 Å². The number of nitrogens with zero attached hydrogens (tertiary/aromatic N) is 1. The van der Waals surface area contributed by atoms with E-state index < -0.39 is 9.84 Å². The van der Waals surface area contributed by atoms with Crippen LogP contribution in [0.3, 0.4) is 0 Å². The van der Waals surface area contributed by atoms with Gasteiger partial charge in [-0.15, -0.1) is 0 Å². The van der Waals surface area contributed by atoms with Crippen LogP contribution in [0, 0.1) is 5.92 Å². The smallest absolute Gasteiger partial charge is 0.178 e. The highest BCUT2D eigenvalue weighted by atomic mass is 32.2. The van der Waals surface area contributed by atoms with Crippen LogP contribution in [-0.4, -0.2) is 45.8 Å². The Labute approximate surface area is 122 Å². The van der Waals surface area contributed by atoms with Crippen molar-refractivity contribution in [3.63, 3.8) is 0 Å². The number of benzene rings is 1. The monoisotopic (exact) mass is 296 g/mol. The summed E-state index contributed by atoms with van der Waals surface area (Å²) in [6.45, 7) is 4.95. The van der Waals surface area contributed by atoms with E-state index in [9.17, 15) is 8.42 Å². The highest BCUT2D eigenvalue weighted by Crippen LogP contribution is 2.18. The second kappa shape index (κ2) is 6.59. The Morgan fingerprint density at radius 3 is 2.60 bits per heavy atom. The molecule has 5 heteroatoms. The average molecular weight is 296 g/mol. The minimum absolute atomic E-state index is 0.147. The molecule has 1 aliphatic heterocycles. The van der Waals surface area contributed by atoms with Crippen molar-refractivity contribution in [2.24, 2.45) is 5.92 Å². The normalized spacial score (nSPS) is 20.8. The molecule has 1 saturated heterocycles. The summed E-state index contributed by atoms with van der Waals surface area (Å²) < 4.78 is 23.5. The molecule has 1 aliphatic rings. The fraction of sp³-hybridized carbons (Fsp3) is 0.600. The summed E-state index contributed by atoms with van der Waals surface area (Å²) in [5, 5.41) is 3.41. The molecule has 1 unspecified atom stereocenters. The molecule has 0 amide bonds. The minimum atomic E-state index is -3.09. The van der Waals surface area contributed by atoms with Gasteiger partial charge in [0.05, 0.1) is 10.6 Å². The quantitative estimate of drug-likeness (QED) is 0.905. The molecule has 1 N–H and O–H groups in total. The van der Waals surface area contributed by atoms with Crippen molar-refractivity contribution in [3.05, 3.63) is 24.3 Å². The molecule has 1 aromatic carbocycles. The highest BCUT2D eigenvalue weighted by Gasteiger charge is 2.17. The zero-order valence-corrected chi connectivity index (χ0v) is 13.1. The number of piperidine rings is 1.